The van der Waals surface area contributed by atoms with Gasteiger partial charge in [0.25, 0.3) is 5.91 Å². The molecule has 36 heavy (non-hydrogen) atoms. The molecule has 182 valence electrons. The van der Waals surface area contributed by atoms with E-state index in [1.54, 1.807) is 12.4 Å². The van der Waals surface area contributed by atoms with E-state index in [0.717, 1.165) is 22.4 Å². The van der Waals surface area contributed by atoms with E-state index in [0.29, 0.717) is 37.3 Å². The van der Waals surface area contributed by atoms with Gasteiger partial charge in [0.05, 0.1) is 30.8 Å². The molecule has 0 saturated carbocycles. The fraction of sp³-hybridized carbons (Fsp3) is 0.269. The van der Waals surface area contributed by atoms with E-state index in [1.807, 2.05) is 42.5 Å². The summed E-state index contributed by atoms with van der Waals surface area (Å²) in [5, 5.41) is 23.1. The Hall–Kier alpha value is -4.33. The summed E-state index contributed by atoms with van der Waals surface area (Å²) in [6.45, 7) is 7.88. The normalized spacial score (nSPS) is 15.1. The van der Waals surface area contributed by atoms with Crippen molar-refractivity contribution in [3.8, 4) is 22.4 Å². The Balaban J connectivity index is 1.47. The van der Waals surface area contributed by atoms with Gasteiger partial charge in [0.15, 0.2) is 11.8 Å². The molecule has 1 aliphatic rings. The van der Waals surface area contributed by atoms with Gasteiger partial charge in [0, 0.05) is 36.0 Å². The van der Waals surface area contributed by atoms with E-state index in [1.165, 1.54) is 9.42 Å². The van der Waals surface area contributed by atoms with Gasteiger partial charge < -0.3 is 20.8 Å². The molecule has 4 aromatic rings. The molecule has 10 nitrogen and oxygen atoms in total. The number of aliphatic hydroxyl groups excluding tert-OH is 2. The van der Waals surface area contributed by atoms with Crippen LogP contribution in [0.25, 0.3) is 32.9 Å². The fourth-order valence-corrected chi connectivity index (χ4v) is 4.62. The summed E-state index contributed by atoms with van der Waals surface area (Å²) < 4.78 is 1.48. The quantitative estimate of drug-likeness (QED) is 0.372. The number of benzene rings is 1. The Bertz CT molecular complexity index is 1440. The van der Waals surface area contributed by atoms with Crippen LogP contribution in [0.2, 0.25) is 0 Å². The number of aliphatic hydroxyl groups is 2. The van der Waals surface area contributed by atoms with Gasteiger partial charge in [-0.2, -0.15) is 5.10 Å². The molecular formula is C26H25N7O3. The highest BCUT2D eigenvalue weighted by Gasteiger charge is 2.30. The number of carbonyl (C=O) groups excluding carboxylic acids is 1. The zero-order chi connectivity index (χ0) is 25.2. The lowest BCUT2D eigenvalue weighted by atomic mass is 9.92. The van der Waals surface area contributed by atoms with Gasteiger partial charge in [-0.3, -0.25) is 9.78 Å². The number of rotatable bonds is 5. The molecule has 4 heterocycles. The van der Waals surface area contributed by atoms with Crippen molar-refractivity contribution in [2.24, 2.45) is 0 Å². The molecule has 0 aliphatic carbocycles. The van der Waals surface area contributed by atoms with Gasteiger partial charge in [0.2, 0.25) is 5.69 Å². The lowest BCUT2D eigenvalue weighted by Gasteiger charge is -2.33. The summed E-state index contributed by atoms with van der Waals surface area (Å²) in [6, 6.07) is 13.8. The number of piperidine rings is 1. The number of aromatic nitrogens is 4. The molecule has 0 spiro atoms. The predicted octanol–water partition coefficient (Wildman–Crippen LogP) is 2.65. The summed E-state index contributed by atoms with van der Waals surface area (Å²) in [4.78, 5) is 26.9. The van der Waals surface area contributed by atoms with Crippen LogP contribution in [-0.4, -0.2) is 66.4 Å². The van der Waals surface area contributed by atoms with E-state index in [9.17, 15) is 9.90 Å². The Labute approximate surface area is 207 Å². The molecule has 3 aromatic heterocycles. The Morgan fingerprint density at radius 3 is 2.53 bits per heavy atom. The minimum Gasteiger partial charge on any atom is -0.393 e. The van der Waals surface area contributed by atoms with Crippen molar-refractivity contribution in [2.75, 3.05) is 25.4 Å². The third-order valence-corrected chi connectivity index (χ3v) is 6.59. The molecule has 0 bridgehead atoms. The molecule has 1 fully saturated rings. The Morgan fingerprint density at radius 1 is 1.14 bits per heavy atom. The molecule has 1 atom stereocenters. The summed E-state index contributed by atoms with van der Waals surface area (Å²) in [5.41, 5.74) is 11.2. The van der Waals surface area contributed by atoms with Crippen molar-refractivity contribution in [3.05, 3.63) is 72.0 Å². The lowest BCUT2D eigenvalue weighted by Crippen LogP contribution is -2.44. The number of nitrogens with two attached hydrogens (primary N) is 1. The first-order valence-corrected chi connectivity index (χ1v) is 11.7. The second kappa shape index (κ2) is 9.73. The van der Waals surface area contributed by atoms with Gasteiger partial charge in [0.1, 0.15) is 5.82 Å². The van der Waals surface area contributed by atoms with Crippen LogP contribution in [0, 0.1) is 6.57 Å². The van der Waals surface area contributed by atoms with E-state index in [-0.39, 0.29) is 17.4 Å². The number of nitrogen functional groups attached to an aromatic ring is 1. The fourth-order valence-electron chi connectivity index (χ4n) is 4.62. The van der Waals surface area contributed by atoms with Crippen molar-refractivity contribution in [2.45, 2.75) is 24.9 Å². The van der Waals surface area contributed by atoms with Crippen LogP contribution in [0.4, 0.5) is 11.5 Å². The zero-order valence-corrected chi connectivity index (χ0v) is 19.4. The van der Waals surface area contributed by atoms with Crippen LogP contribution in [0.5, 0.6) is 0 Å². The first-order chi connectivity index (χ1) is 17.5. The third kappa shape index (κ3) is 4.15. The number of anilines is 1. The maximum Gasteiger partial charge on any atom is 0.253 e. The molecule has 1 aromatic carbocycles. The smallest absolute Gasteiger partial charge is 0.253 e. The second-order valence-corrected chi connectivity index (χ2v) is 8.73. The van der Waals surface area contributed by atoms with E-state index in [2.05, 4.69) is 14.9 Å². The predicted molar refractivity (Wildman–Crippen MR) is 134 cm³/mol. The maximum absolute atomic E-state index is 12.2. The number of fused-ring (bicyclic) bond motifs is 1. The molecule has 0 radical (unpaired) electrons. The number of pyridine rings is 1. The highest BCUT2D eigenvalue weighted by atomic mass is 16.3. The summed E-state index contributed by atoms with van der Waals surface area (Å²) >= 11 is 0. The highest BCUT2D eigenvalue weighted by Crippen LogP contribution is 2.38. The number of amides is 1. The van der Waals surface area contributed by atoms with Gasteiger partial charge >= 0.3 is 0 Å². The largest absolute Gasteiger partial charge is 0.393 e. The van der Waals surface area contributed by atoms with Gasteiger partial charge in [-0.05, 0) is 24.8 Å². The van der Waals surface area contributed by atoms with Crippen LogP contribution in [0.3, 0.4) is 0 Å². The van der Waals surface area contributed by atoms with Gasteiger partial charge in [-0.25, -0.2) is 14.3 Å². The average molecular weight is 484 g/mol. The molecule has 0 unspecified atom stereocenters. The van der Waals surface area contributed by atoms with E-state index < -0.39 is 18.6 Å². The van der Waals surface area contributed by atoms with E-state index in [4.69, 9.17) is 22.4 Å². The number of carbonyl (C=O) groups is 1. The molecule has 1 amide bonds. The number of likely N-dealkylation sites (tertiary alicyclic amines) is 1. The minimum atomic E-state index is -1.42. The maximum atomic E-state index is 12.2. The molecule has 1 saturated heterocycles. The van der Waals surface area contributed by atoms with Crippen LogP contribution in [0.1, 0.15) is 24.5 Å². The van der Waals surface area contributed by atoms with Crippen LogP contribution >= 0.6 is 0 Å². The van der Waals surface area contributed by atoms with Crippen molar-refractivity contribution in [1.29, 1.82) is 0 Å². The van der Waals surface area contributed by atoms with Crippen molar-refractivity contribution >= 4 is 23.1 Å². The van der Waals surface area contributed by atoms with Crippen LogP contribution in [-0.2, 0) is 4.79 Å². The molecule has 5 rings (SSSR count). The Kier molecular flexibility index (Phi) is 6.33. The van der Waals surface area contributed by atoms with Crippen LogP contribution < -0.4 is 5.73 Å². The Morgan fingerprint density at radius 2 is 1.89 bits per heavy atom. The number of nitrogens with zero attached hydrogens (tertiary/aromatic N) is 6. The standard InChI is InChI=1S/C26H25N7O3/c1-28-23-22(17-9-11-32(12-10-17)26(36)21(35)15-34)31-25-19(14-30-33(25)24(23)27)18-7-8-20(29-13-18)16-5-3-2-4-6-16/h2-8,13-14,17,21,34-35H,9-12,15,27H2/t21-/m1/s1. The van der Waals surface area contributed by atoms with Crippen molar-refractivity contribution in [3.63, 3.8) is 0 Å². The summed E-state index contributed by atoms with van der Waals surface area (Å²) in [5.74, 6) is -0.355. The second-order valence-electron chi connectivity index (χ2n) is 8.73. The molecular weight excluding hydrogens is 458 g/mol. The average Bonchev–Trinajstić information content (AvgIpc) is 3.37. The number of hydrogen-bond donors (Lipinski definition) is 3. The van der Waals surface area contributed by atoms with Crippen molar-refractivity contribution < 1.29 is 15.0 Å². The number of hydrogen-bond acceptors (Lipinski definition) is 7. The monoisotopic (exact) mass is 483 g/mol. The first kappa shape index (κ1) is 23.4. The topological polar surface area (TPSA) is 134 Å². The third-order valence-electron chi connectivity index (χ3n) is 6.59. The SMILES string of the molecule is [C-]#[N+]c1c(C2CCN(C(=O)[C@H](O)CO)CC2)nc2c(-c3ccc(-c4ccccc4)nc3)cnn2c1N. The molecule has 10 heteroatoms. The first-order valence-electron chi connectivity index (χ1n) is 11.7. The van der Waals surface area contributed by atoms with E-state index >= 15 is 0 Å². The minimum absolute atomic E-state index is 0.0851. The lowest BCUT2D eigenvalue weighted by molar-refractivity contribution is -0.143. The summed E-state index contributed by atoms with van der Waals surface area (Å²) in [7, 11) is 0. The van der Waals surface area contributed by atoms with Crippen LogP contribution in [0.15, 0.2) is 54.9 Å². The van der Waals surface area contributed by atoms with Gasteiger partial charge in [-0.15, -0.1) is 0 Å². The summed E-state index contributed by atoms with van der Waals surface area (Å²) in [6.07, 6.45) is 3.16. The zero-order valence-electron chi connectivity index (χ0n) is 19.4. The molecule has 4 N–H and O–H groups in total. The van der Waals surface area contributed by atoms with Crippen molar-refractivity contribution in [1.82, 2.24) is 24.5 Å². The highest BCUT2D eigenvalue weighted by molar-refractivity contribution is 5.82. The van der Waals surface area contributed by atoms with Gasteiger partial charge in [-0.1, -0.05) is 36.4 Å². The molecule has 1 aliphatic heterocycles.